The average molecular weight is 264 g/mol. The number of ether oxygens (including phenoxy) is 1. The van der Waals surface area contributed by atoms with Gasteiger partial charge in [-0.05, 0) is 44.4 Å². The zero-order valence-electron chi connectivity index (χ0n) is 12.3. The molecule has 19 heavy (non-hydrogen) atoms. The molecule has 0 aromatic rings. The molecule has 2 unspecified atom stereocenters. The first-order chi connectivity index (χ1) is 9.30. The fourth-order valence-corrected chi connectivity index (χ4v) is 3.21. The summed E-state index contributed by atoms with van der Waals surface area (Å²) in [5, 5.41) is 13.2. The van der Waals surface area contributed by atoms with Gasteiger partial charge in [-0.1, -0.05) is 26.2 Å². The molecule has 0 amide bonds. The second-order valence-electron chi connectivity index (χ2n) is 6.20. The molecule has 0 aromatic carbocycles. The minimum atomic E-state index is -0.242. The van der Waals surface area contributed by atoms with Gasteiger partial charge in [-0.3, -0.25) is 5.32 Å². The molecule has 3 nitrogen and oxygen atoms in total. The predicted octanol–water partition coefficient (Wildman–Crippen LogP) is 3.40. The van der Waals surface area contributed by atoms with E-state index >= 15 is 0 Å². The second kappa shape index (κ2) is 7.26. The summed E-state index contributed by atoms with van der Waals surface area (Å²) in [6.45, 7) is 3.92. The van der Waals surface area contributed by atoms with E-state index in [0.717, 1.165) is 26.1 Å². The number of nitrogens with one attached hydrogen (secondary N) is 1. The number of hydrogen-bond acceptors (Lipinski definition) is 3. The van der Waals surface area contributed by atoms with E-state index < -0.39 is 0 Å². The van der Waals surface area contributed by atoms with Crippen molar-refractivity contribution in [2.45, 2.75) is 76.3 Å². The standard InChI is InChI=1S/C16H28N2O/c1-2-3-4-11-19-12-9-14-6-5-10-16(14,13-17)18-15-7-8-15/h14-15,18H,2-12H2,1H3. The molecular formula is C16H28N2O. The Balaban J connectivity index is 1.70. The highest BCUT2D eigenvalue weighted by Crippen LogP contribution is 2.40. The highest BCUT2D eigenvalue weighted by molar-refractivity contribution is 5.16. The summed E-state index contributed by atoms with van der Waals surface area (Å²) in [6, 6.07) is 3.21. The molecule has 0 bridgehead atoms. The van der Waals surface area contributed by atoms with Crippen LogP contribution in [0.3, 0.4) is 0 Å². The van der Waals surface area contributed by atoms with Gasteiger partial charge in [-0.25, -0.2) is 0 Å². The molecule has 0 saturated heterocycles. The van der Waals surface area contributed by atoms with Crippen molar-refractivity contribution in [2.75, 3.05) is 13.2 Å². The summed E-state index contributed by atoms with van der Waals surface area (Å²) in [7, 11) is 0. The van der Waals surface area contributed by atoms with Gasteiger partial charge in [0.05, 0.1) is 6.07 Å². The van der Waals surface area contributed by atoms with Gasteiger partial charge in [0.15, 0.2) is 0 Å². The highest BCUT2D eigenvalue weighted by atomic mass is 16.5. The van der Waals surface area contributed by atoms with Gasteiger partial charge in [0.25, 0.3) is 0 Å². The fraction of sp³-hybridized carbons (Fsp3) is 0.938. The van der Waals surface area contributed by atoms with E-state index in [0.29, 0.717) is 12.0 Å². The van der Waals surface area contributed by atoms with Crippen molar-refractivity contribution >= 4 is 0 Å². The van der Waals surface area contributed by atoms with Gasteiger partial charge in [0.1, 0.15) is 5.54 Å². The van der Waals surface area contributed by atoms with Gasteiger partial charge in [0, 0.05) is 19.3 Å². The van der Waals surface area contributed by atoms with Crippen molar-refractivity contribution in [2.24, 2.45) is 5.92 Å². The Bertz CT molecular complexity index is 308. The molecule has 108 valence electrons. The largest absolute Gasteiger partial charge is 0.381 e. The number of unbranched alkanes of at least 4 members (excludes halogenated alkanes) is 2. The van der Waals surface area contributed by atoms with E-state index in [1.165, 1.54) is 44.9 Å². The summed E-state index contributed by atoms with van der Waals surface area (Å²) in [4.78, 5) is 0. The van der Waals surface area contributed by atoms with Crippen LogP contribution in [0.15, 0.2) is 0 Å². The van der Waals surface area contributed by atoms with Crippen molar-refractivity contribution in [3.8, 4) is 6.07 Å². The second-order valence-corrected chi connectivity index (χ2v) is 6.20. The lowest BCUT2D eigenvalue weighted by Gasteiger charge is -2.30. The monoisotopic (exact) mass is 264 g/mol. The SMILES string of the molecule is CCCCCOCCC1CCCC1(C#N)NC1CC1. The smallest absolute Gasteiger partial charge is 0.109 e. The molecule has 3 heteroatoms. The van der Waals surface area contributed by atoms with E-state index in [1.807, 2.05) is 0 Å². The van der Waals surface area contributed by atoms with Crippen LogP contribution in [-0.4, -0.2) is 24.8 Å². The van der Waals surface area contributed by atoms with Gasteiger partial charge in [-0.2, -0.15) is 5.26 Å². The van der Waals surface area contributed by atoms with E-state index in [-0.39, 0.29) is 5.54 Å². The van der Waals surface area contributed by atoms with Gasteiger partial charge in [-0.15, -0.1) is 0 Å². The fourth-order valence-electron chi connectivity index (χ4n) is 3.21. The van der Waals surface area contributed by atoms with Gasteiger partial charge in [0.2, 0.25) is 0 Å². The topological polar surface area (TPSA) is 45.0 Å². The zero-order valence-corrected chi connectivity index (χ0v) is 12.3. The quantitative estimate of drug-likeness (QED) is 0.649. The van der Waals surface area contributed by atoms with Crippen LogP contribution >= 0.6 is 0 Å². The molecule has 2 aliphatic rings. The van der Waals surface area contributed by atoms with Crippen molar-refractivity contribution in [3.63, 3.8) is 0 Å². The third-order valence-corrected chi connectivity index (χ3v) is 4.56. The molecule has 0 radical (unpaired) electrons. The predicted molar refractivity (Wildman–Crippen MR) is 76.8 cm³/mol. The number of hydrogen-bond donors (Lipinski definition) is 1. The minimum Gasteiger partial charge on any atom is -0.381 e. The summed E-state index contributed by atoms with van der Waals surface area (Å²) in [5.74, 6) is 0.490. The van der Waals surface area contributed by atoms with E-state index in [9.17, 15) is 5.26 Å². The lowest BCUT2D eigenvalue weighted by molar-refractivity contribution is 0.108. The minimum absolute atomic E-state index is 0.242. The molecule has 2 aliphatic carbocycles. The van der Waals surface area contributed by atoms with Crippen LogP contribution in [-0.2, 0) is 4.74 Å². The Labute approximate surface area is 117 Å². The molecule has 2 rings (SSSR count). The average Bonchev–Trinajstić information content (AvgIpc) is 3.14. The van der Waals surface area contributed by atoms with Crippen LogP contribution in [0.25, 0.3) is 0 Å². The molecule has 2 atom stereocenters. The molecule has 0 aliphatic heterocycles. The molecule has 0 spiro atoms. The number of nitrogens with zero attached hydrogens (tertiary/aromatic N) is 1. The molecule has 2 saturated carbocycles. The van der Waals surface area contributed by atoms with Crippen molar-refractivity contribution < 1.29 is 4.74 Å². The van der Waals surface area contributed by atoms with Gasteiger partial charge >= 0.3 is 0 Å². The summed E-state index contributed by atoms with van der Waals surface area (Å²) in [5.41, 5.74) is -0.242. The Morgan fingerprint density at radius 2 is 2.11 bits per heavy atom. The maximum Gasteiger partial charge on any atom is 0.109 e. The first kappa shape index (κ1) is 14.8. The number of rotatable bonds is 9. The van der Waals surface area contributed by atoms with Crippen LogP contribution in [0.1, 0.15) is 64.7 Å². The van der Waals surface area contributed by atoms with Crippen LogP contribution in [0.4, 0.5) is 0 Å². The third-order valence-electron chi connectivity index (χ3n) is 4.56. The van der Waals surface area contributed by atoms with Crippen LogP contribution in [0.2, 0.25) is 0 Å². The van der Waals surface area contributed by atoms with E-state index in [2.05, 4.69) is 18.3 Å². The van der Waals surface area contributed by atoms with Gasteiger partial charge < -0.3 is 4.74 Å². The summed E-state index contributed by atoms with van der Waals surface area (Å²) < 4.78 is 5.72. The third kappa shape index (κ3) is 4.19. The molecule has 0 heterocycles. The molecule has 2 fully saturated rings. The summed E-state index contributed by atoms with van der Waals surface area (Å²) in [6.07, 6.45) is 10.6. The molecule has 1 N–H and O–H groups in total. The number of nitriles is 1. The first-order valence-corrected chi connectivity index (χ1v) is 8.07. The Hall–Kier alpha value is -0.590. The van der Waals surface area contributed by atoms with E-state index in [4.69, 9.17) is 4.74 Å². The Morgan fingerprint density at radius 1 is 1.26 bits per heavy atom. The molecule has 0 aromatic heterocycles. The van der Waals surface area contributed by atoms with Crippen molar-refractivity contribution in [3.05, 3.63) is 0 Å². The first-order valence-electron chi connectivity index (χ1n) is 8.07. The summed E-state index contributed by atoms with van der Waals surface area (Å²) >= 11 is 0. The van der Waals surface area contributed by atoms with Crippen molar-refractivity contribution in [1.82, 2.24) is 5.32 Å². The lowest BCUT2D eigenvalue weighted by Crippen LogP contribution is -2.48. The van der Waals surface area contributed by atoms with Crippen molar-refractivity contribution in [1.29, 1.82) is 5.26 Å². The molecular weight excluding hydrogens is 236 g/mol. The van der Waals surface area contributed by atoms with E-state index in [1.54, 1.807) is 0 Å². The Morgan fingerprint density at radius 3 is 2.79 bits per heavy atom. The van der Waals surface area contributed by atoms with Crippen LogP contribution < -0.4 is 5.32 Å². The lowest BCUT2D eigenvalue weighted by atomic mass is 9.86. The zero-order chi connectivity index (χ0) is 13.6. The maximum absolute atomic E-state index is 9.58. The van der Waals surface area contributed by atoms with Crippen LogP contribution in [0.5, 0.6) is 0 Å². The maximum atomic E-state index is 9.58. The van der Waals surface area contributed by atoms with Crippen LogP contribution in [0, 0.1) is 17.2 Å². The highest BCUT2D eigenvalue weighted by Gasteiger charge is 2.45. The Kier molecular flexibility index (Phi) is 5.66. The normalized spacial score (nSPS) is 30.4.